The summed E-state index contributed by atoms with van der Waals surface area (Å²) in [7, 11) is 0. The van der Waals surface area contributed by atoms with Gasteiger partial charge in [0.2, 0.25) is 0 Å². The minimum absolute atomic E-state index is 0.0123. The second-order valence-electron chi connectivity index (χ2n) is 5.81. The summed E-state index contributed by atoms with van der Waals surface area (Å²) in [6.45, 7) is 0. The first-order valence-corrected chi connectivity index (χ1v) is 9.32. The molecule has 0 spiro atoms. The number of allylic oxidation sites excluding steroid dienone is 2. The SMILES string of the molecule is O=C1/C(=C/c2cccc(Cl)c2Cl)CCC/C1=C\c1cccc(Cl)c1Cl. The Bertz CT molecular complexity index is 825. The van der Waals surface area contributed by atoms with Crippen molar-refractivity contribution in [3.63, 3.8) is 0 Å². The van der Waals surface area contributed by atoms with Gasteiger partial charge in [0.1, 0.15) is 0 Å². The number of hydrogen-bond donors (Lipinski definition) is 0. The summed E-state index contributed by atoms with van der Waals surface area (Å²) in [4.78, 5) is 12.8. The Labute approximate surface area is 166 Å². The summed E-state index contributed by atoms with van der Waals surface area (Å²) >= 11 is 24.6. The van der Waals surface area contributed by atoms with Crippen LogP contribution in [0.2, 0.25) is 20.1 Å². The number of Topliss-reactive ketones (excluding diaryl/α,β-unsaturated/α-hetero) is 1. The van der Waals surface area contributed by atoms with E-state index in [0.717, 1.165) is 28.7 Å². The van der Waals surface area contributed by atoms with Gasteiger partial charge in [-0.1, -0.05) is 70.7 Å². The normalized spacial score (nSPS) is 18.2. The lowest BCUT2D eigenvalue weighted by molar-refractivity contribution is -0.112. The minimum Gasteiger partial charge on any atom is -0.289 e. The van der Waals surface area contributed by atoms with Crippen LogP contribution in [-0.2, 0) is 4.79 Å². The molecule has 0 aromatic heterocycles. The monoisotopic (exact) mass is 410 g/mol. The molecule has 0 radical (unpaired) electrons. The molecule has 0 unspecified atom stereocenters. The number of halogens is 4. The Morgan fingerprint density at radius 3 is 1.60 bits per heavy atom. The third-order valence-electron chi connectivity index (χ3n) is 4.10. The topological polar surface area (TPSA) is 17.1 Å². The summed E-state index contributed by atoms with van der Waals surface area (Å²) in [5.74, 6) is 0.0123. The van der Waals surface area contributed by atoms with Crippen molar-refractivity contribution < 1.29 is 4.79 Å². The van der Waals surface area contributed by atoms with E-state index in [1.165, 1.54) is 0 Å². The quantitative estimate of drug-likeness (QED) is 0.467. The molecule has 0 bridgehead atoms. The number of ketones is 1. The predicted molar refractivity (Wildman–Crippen MR) is 108 cm³/mol. The number of hydrogen-bond acceptors (Lipinski definition) is 1. The summed E-state index contributed by atoms with van der Waals surface area (Å²) < 4.78 is 0. The van der Waals surface area contributed by atoms with Crippen molar-refractivity contribution in [2.75, 3.05) is 0 Å². The Kier molecular flexibility index (Phi) is 5.91. The summed E-state index contributed by atoms with van der Waals surface area (Å²) in [5, 5.41) is 1.86. The van der Waals surface area contributed by atoms with Crippen LogP contribution in [0.1, 0.15) is 30.4 Å². The minimum atomic E-state index is 0.0123. The van der Waals surface area contributed by atoms with Gasteiger partial charge in [0.25, 0.3) is 0 Å². The van der Waals surface area contributed by atoms with E-state index in [0.29, 0.717) is 32.9 Å². The van der Waals surface area contributed by atoms with E-state index in [2.05, 4.69) is 0 Å². The van der Waals surface area contributed by atoms with E-state index >= 15 is 0 Å². The second-order valence-corrected chi connectivity index (χ2v) is 7.38. The fourth-order valence-electron chi connectivity index (χ4n) is 2.82. The highest BCUT2D eigenvalue weighted by Gasteiger charge is 2.21. The molecule has 5 heteroatoms. The molecular formula is C20H14Cl4O. The van der Waals surface area contributed by atoms with Crippen LogP contribution >= 0.6 is 46.4 Å². The van der Waals surface area contributed by atoms with Crippen molar-refractivity contribution in [3.05, 3.63) is 78.8 Å². The molecule has 1 nitrogen and oxygen atoms in total. The molecule has 1 aliphatic rings. The Balaban J connectivity index is 1.96. The molecule has 1 fully saturated rings. The Morgan fingerprint density at radius 2 is 1.16 bits per heavy atom. The smallest absolute Gasteiger partial charge is 0.185 e. The Hall–Kier alpha value is -1.25. The molecule has 0 saturated heterocycles. The second kappa shape index (κ2) is 7.97. The summed E-state index contributed by atoms with van der Waals surface area (Å²) in [6.07, 6.45) is 5.95. The van der Waals surface area contributed by atoms with Gasteiger partial charge in [0.15, 0.2) is 5.78 Å². The lowest BCUT2D eigenvalue weighted by Crippen LogP contribution is -2.12. The van der Waals surface area contributed by atoms with Gasteiger partial charge in [0.05, 0.1) is 20.1 Å². The molecule has 1 aliphatic carbocycles. The van der Waals surface area contributed by atoms with Crippen molar-refractivity contribution in [3.8, 4) is 0 Å². The molecule has 3 rings (SSSR count). The van der Waals surface area contributed by atoms with Gasteiger partial charge < -0.3 is 0 Å². The van der Waals surface area contributed by atoms with Crippen LogP contribution in [0.4, 0.5) is 0 Å². The fraction of sp³-hybridized carbons (Fsp3) is 0.150. The van der Waals surface area contributed by atoms with Crippen molar-refractivity contribution in [1.29, 1.82) is 0 Å². The molecule has 25 heavy (non-hydrogen) atoms. The van der Waals surface area contributed by atoms with Crippen molar-refractivity contribution >= 4 is 64.3 Å². The molecule has 0 atom stereocenters. The average Bonchev–Trinajstić information content (AvgIpc) is 2.59. The zero-order valence-corrected chi connectivity index (χ0v) is 16.2. The van der Waals surface area contributed by atoms with E-state index in [4.69, 9.17) is 46.4 Å². The van der Waals surface area contributed by atoms with E-state index in [1.807, 2.05) is 36.4 Å². The average molecular weight is 412 g/mol. The van der Waals surface area contributed by atoms with Crippen LogP contribution in [0.3, 0.4) is 0 Å². The van der Waals surface area contributed by atoms with Crippen LogP contribution in [-0.4, -0.2) is 5.78 Å². The van der Waals surface area contributed by atoms with Crippen molar-refractivity contribution in [2.24, 2.45) is 0 Å². The number of carbonyl (C=O) groups excluding carboxylic acids is 1. The summed E-state index contributed by atoms with van der Waals surface area (Å²) in [5.41, 5.74) is 2.94. The molecule has 0 amide bonds. The van der Waals surface area contributed by atoms with E-state index in [-0.39, 0.29) is 5.78 Å². The summed E-state index contributed by atoms with van der Waals surface area (Å²) in [6, 6.07) is 10.8. The lowest BCUT2D eigenvalue weighted by atomic mass is 9.87. The zero-order valence-electron chi connectivity index (χ0n) is 13.2. The highest BCUT2D eigenvalue weighted by Crippen LogP contribution is 2.33. The molecule has 0 N–H and O–H groups in total. The molecular weight excluding hydrogens is 398 g/mol. The molecule has 2 aromatic carbocycles. The van der Waals surface area contributed by atoms with Crippen LogP contribution < -0.4 is 0 Å². The first-order chi connectivity index (χ1) is 12.0. The maximum atomic E-state index is 12.8. The first-order valence-electron chi connectivity index (χ1n) is 7.81. The van der Waals surface area contributed by atoms with Crippen molar-refractivity contribution in [2.45, 2.75) is 19.3 Å². The molecule has 0 aliphatic heterocycles. The molecule has 128 valence electrons. The van der Waals surface area contributed by atoms with E-state index in [1.54, 1.807) is 12.1 Å². The maximum absolute atomic E-state index is 12.8. The first kappa shape index (κ1) is 18.5. The van der Waals surface area contributed by atoms with Crippen LogP contribution in [0.5, 0.6) is 0 Å². The van der Waals surface area contributed by atoms with E-state index < -0.39 is 0 Å². The number of rotatable bonds is 2. The van der Waals surface area contributed by atoms with E-state index in [9.17, 15) is 4.79 Å². The van der Waals surface area contributed by atoms with Crippen LogP contribution in [0.15, 0.2) is 47.5 Å². The maximum Gasteiger partial charge on any atom is 0.185 e. The van der Waals surface area contributed by atoms with Gasteiger partial charge in [-0.05, 0) is 54.7 Å². The standard InChI is InChI=1S/C20H14Cl4O/c21-16-8-2-4-12(18(16)23)10-14-6-1-7-15(20(14)25)11-13-5-3-9-17(22)19(13)24/h2-5,8-11H,1,6-7H2/b14-10+,15-11+. The fourth-order valence-corrected chi connectivity index (χ4v) is 3.54. The van der Waals surface area contributed by atoms with Crippen LogP contribution in [0, 0.1) is 0 Å². The highest BCUT2D eigenvalue weighted by molar-refractivity contribution is 6.43. The lowest BCUT2D eigenvalue weighted by Gasteiger charge is -2.17. The predicted octanol–water partition coefficient (Wildman–Crippen LogP) is 7.52. The van der Waals surface area contributed by atoms with Gasteiger partial charge in [-0.2, -0.15) is 0 Å². The Morgan fingerprint density at radius 1 is 0.720 bits per heavy atom. The largest absolute Gasteiger partial charge is 0.289 e. The van der Waals surface area contributed by atoms with Gasteiger partial charge in [0, 0.05) is 11.1 Å². The zero-order chi connectivity index (χ0) is 18.0. The van der Waals surface area contributed by atoms with Gasteiger partial charge in [-0.25, -0.2) is 0 Å². The number of benzene rings is 2. The van der Waals surface area contributed by atoms with Crippen LogP contribution in [0.25, 0.3) is 12.2 Å². The third-order valence-corrected chi connectivity index (χ3v) is 5.76. The van der Waals surface area contributed by atoms with Gasteiger partial charge >= 0.3 is 0 Å². The number of carbonyl (C=O) groups is 1. The molecule has 0 heterocycles. The molecule has 2 aromatic rings. The molecule has 1 saturated carbocycles. The highest BCUT2D eigenvalue weighted by atomic mass is 35.5. The van der Waals surface area contributed by atoms with Crippen molar-refractivity contribution in [1.82, 2.24) is 0 Å². The van der Waals surface area contributed by atoms with Gasteiger partial charge in [-0.15, -0.1) is 0 Å². The third kappa shape index (κ3) is 4.12. The van der Waals surface area contributed by atoms with Gasteiger partial charge in [-0.3, -0.25) is 4.79 Å².